The van der Waals surface area contributed by atoms with Gasteiger partial charge in [0.2, 0.25) is 5.82 Å². The number of hydrogen-bond acceptors (Lipinski definition) is 5. The van der Waals surface area contributed by atoms with Gasteiger partial charge in [0.05, 0.1) is 0 Å². The first kappa shape index (κ1) is 9.32. The Morgan fingerprint density at radius 2 is 2.33 bits per heavy atom. The first-order chi connectivity index (χ1) is 7.18. The topological polar surface area (TPSA) is 89.1 Å². The van der Waals surface area contributed by atoms with Gasteiger partial charge in [0, 0.05) is 18.0 Å². The molecule has 2 aromatic heterocycles. The van der Waals surface area contributed by atoms with Crippen LogP contribution in [0.25, 0.3) is 11.4 Å². The summed E-state index contributed by atoms with van der Waals surface area (Å²) < 4.78 is 4.55. The second-order valence-electron chi connectivity index (χ2n) is 2.92. The van der Waals surface area contributed by atoms with E-state index in [-0.39, 0.29) is 5.82 Å². The van der Waals surface area contributed by atoms with Crippen LogP contribution in [-0.2, 0) is 0 Å². The third-order valence-corrected chi connectivity index (χ3v) is 1.89. The first-order valence-electron chi connectivity index (χ1n) is 4.16. The van der Waals surface area contributed by atoms with Gasteiger partial charge in [-0.15, -0.1) is 0 Å². The second kappa shape index (κ2) is 3.49. The maximum Gasteiger partial charge on any atom is 0.394 e. The van der Waals surface area contributed by atoms with E-state index in [1.54, 1.807) is 18.5 Å². The fourth-order valence-electron chi connectivity index (χ4n) is 1.12. The summed E-state index contributed by atoms with van der Waals surface area (Å²) in [5, 5.41) is 12.2. The number of aromatic carboxylic acids is 1. The van der Waals surface area contributed by atoms with Crippen molar-refractivity contribution in [2.24, 2.45) is 0 Å². The third-order valence-electron chi connectivity index (χ3n) is 1.89. The Hall–Kier alpha value is -2.24. The van der Waals surface area contributed by atoms with Crippen LogP contribution in [0.4, 0.5) is 0 Å². The Balaban J connectivity index is 2.46. The zero-order valence-corrected chi connectivity index (χ0v) is 7.84. The third kappa shape index (κ3) is 1.69. The molecule has 1 N–H and O–H groups in total. The van der Waals surface area contributed by atoms with Gasteiger partial charge in [0.25, 0.3) is 0 Å². The lowest BCUT2D eigenvalue weighted by atomic mass is 10.1. The second-order valence-corrected chi connectivity index (χ2v) is 2.92. The summed E-state index contributed by atoms with van der Waals surface area (Å²) >= 11 is 0. The maximum atomic E-state index is 10.5. The van der Waals surface area contributed by atoms with Crippen molar-refractivity contribution in [2.75, 3.05) is 0 Å². The van der Waals surface area contributed by atoms with Gasteiger partial charge in [-0.1, -0.05) is 5.16 Å². The number of rotatable bonds is 2. The molecule has 0 atom stereocenters. The van der Waals surface area contributed by atoms with Gasteiger partial charge in [-0.25, -0.2) is 4.79 Å². The van der Waals surface area contributed by atoms with Crippen molar-refractivity contribution >= 4 is 5.97 Å². The average Bonchev–Trinajstić information content (AvgIpc) is 2.67. The van der Waals surface area contributed by atoms with Gasteiger partial charge in [0.15, 0.2) is 0 Å². The van der Waals surface area contributed by atoms with Crippen LogP contribution in [0.5, 0.6) is 0 Å². The van der Waals surface area contributed by atoms with Crippen LogP contribution in [0.15, 0.2) is 23.0 Å². The molecular formula is C9H7N3O3. The van der Waals surface area contributed by atoms with Crippen LogP contribution in [0.3, 0.4) is 0 Å². The molecule has 2 heterocycles. The fourth-order valence-corrected chi connectivity index (χ4v) is 1.12. The Morgan fingerprint density at radius 3 is 2.93 bits per heavy atom. The highest BCUT2D eigenvalue weighted by atomic mass is 16.5. The highest BCUT2D eigenvalue weighted by Gasteiger charge is 2.15. The number of carboxylic acids is 1. The summed E-state index contributed by atoms with van der Waals surface area (Å²) in [6, 6.07) is 1.78. The van der Waals surface area contributed by atoms with Crippen LogP contribution < -0.4 is 0 Å². The summed E-state index contributed by atoms with van der Waals surface area (Å²) in [6.07, 6.45) is 3.20. The van der Waals surface area contributed by atoms with E-state index in [0.717, 1.165) is 5.56 Å². The predicted molar refractivity (Wildman–Crippen MR) is 49.2 cm³/mol. The molecule has 2 rings (SSSR count). The molecule has 0 bridgehead atoms. The zero-order chi connectivity index (χ0) is 10.8. The van der Waals surface area contributed by atoms with Gasteiger partial charge in [-0.2, -0.15) is 4.98 Å². The molecule has 6 nitrogen and oxygen atoms in total. The molecule has 0 aliphatic carbocycles. The van der Waals surface area contributed by atoms with Crippen LogP contribution in [0, 0.1) is 6.92 Å². The summed E-state index contributed by atoms with van der Waals surface area (Å²) in [7, 11) is 0. The van der Waals surface area contributed by atoms with Crippen molar-refractivity contribution in [3.8, 4) is 11.4 Å². The summed E-state index contributed by atoms with van der Waals surface area (Å²) in [4.78, 5) is 18.1. The van der Waals surface area contributed by atoms with Gasteiger partial charge in [-0.3, -0.25) is 4.98 Å². The van der Waals surface area contributed by atoms with Crippen molar-refractivity contribution in [3.63, 3.8) is 0 Å². The molecule has 0 aliphatic rings. The average molecular weight is 205 g/mol. The molecule has 0 unspecified atom stereocenters. The van der Waals surface area contributed by atoms with Gasteiger partial charge < -0.3 is 9.63 Å². The van der Waals surface area contributed by atoms with Gasteiger partial charge in [0.1, 0.15) is 0 Å². The molecule has 76 valence electrons. The minimum absolute atomic E-state index is 0.234. The minimum Gasteiger partial charge on any atom is -0.474 e. The summed E-state index contributed by atoms with van der Waals surface area (Å²) in [6.45, 7) is 1.85. The Morgan fingerprint density at radius 1 is 1.53 bits per heavy atom. The number of pyridine rings is 1. The monoisotopic (exact) mass is 205 g/mol. The van der Waals surface area contributed by atoms with Crippen LogP contribution >= 0.6 is 0 Å². The first-order valence-corrected chi connectivity index (χ1v) is 4.16. The summed E-state index contributed by atoms with van der Waals surface area (Å²) in [5.74, 6) is -1.43. The number of carboxylic acid groups (broad SMARTS) is 1. The van der Waals surface area contributed by atoms with Crippen molar-refractivity contribution in [3.05, 3.63) is 29.9 Å². The van der Waals surface area contributed by atoms with E-state index < -0.39 is 11.9 Å². The molecule has 0 saturated heterocycles. The Labute approximate surface area is 84.6 Å². The van der Waals surface area contributed by atoms with Crippen LogP contribution in [0.2, 0.25) is 0 Å². The SMILES string of the molecule is Cc1ccncc1-c1noc(C(=O)O)n1. The molecular weight excluding hydrogens is 198 g/mol. The quantitative estimate of drug-likeness (QED) is 0.790. The molecule has 6 heteroatoms. The molecule has 0 aliphatic heterocycles. The Kier molecular flexibility index (Phi) is 2.17. The molecule has 0 fully saturated rings. The molecule has 0 aromatic carbocycles. The number of nitrogens with zero attached hydrogens (tertiary/aromatic N) is 3. The van der Waals surface area contributed by atoms with E-state index in [9.17, 15) is 4.79 Å². The van der Waals surface area contributed by atoms with Crippen molar-refractivity contribution in [1.82, 2.24) is 15.1 Å². The number of aromatic nitrogens is 3. The molecule has 0 saturated carbocycles. The van der Waals surface area contributed by atoms with Crippen molar-refractivity contribution in [1.29, 1.82) is 0 Å². The summed E-state index contributed by atoms with van der Waals surface area (Å²) in [5.41, 5.74) is 1.57. The lowest BCUT2D eigenvalue weighted by molar-refractivity contribution is 0.0643. The predicted octanol–water partition coefficient (Wildman–Crippen LogP) is 1.14. The number of hydrogen-bond donors (Lipinski definition) is 1. The van der Waals surface area contributed by atoms with Crippen LogP contribution in [0.1, 0.15) is 16.2 Å². The van der Waals surface area contributed by atoms with Crippen molar-refractivity contribution in [2.45, 2.75) is 6.92 Å². The highest BCUT2D eigenvalue weighted by molar-refractivity contribution is 5.82. The van der Waals surface area contributed by atoms with E-state index >= 15 is 0 Å². The van der Waals surface area contributed by atoms with E-state index in [2.05, 4.69) is 19.6 Å². The molecule has 0 spiro atoms. The standard InChI is InChI=1S/C9H7N3O3/c1-5-2-3-10-4-6(5)7-11-8(9(13)14)15-12-7/h2-4H,1H3,(H,13,14). The fraction of sp³-hybridized carbons (Fsp3) is 0.111. The van der Waals surface area contributed by atoms with E-state index in [1.165, 1.54) is 0 Å². The van der Waals surface area contributed by atoms with E-state index in [4.69, 9.17) is 5.11 Å². The lowest BCUT2D eigenvalue weighted by Gasteiger charge is -1.96. The molecule has 2 aromatic rings. The van der Waals surface area contributed by atoms with E-state index in [0.29, 0.717) is 5.56 Å². The normalized spacial score (nSPS) is 10.2. The van der Waals surface area contributed by atoms with Crippen LogP contribution in [-0.4, -0.2) is 26.2 Å². The maximum absolute atomic E-state index is 10.5. The highest BCUT2D eigenvalue weighted by Crippen LogP contribution is 2.18. The molecule has 15 heavy (non-hydrogen) atoms. The molecule has 0 radical (unpaired) electrons. The minimum atomic E-state index is -1.24. The number of aryl methyl sites for hydroxylation is 1. The molecule has 0 amide bonds. The Bertz CT molecular complexity index is 507. The largest absolute Gasteiger partial charge is 0.474 e. The number of carbonyl (C=O) groups is 1. The van der Waals surface area contributed by atoms with Gasteiger partial charge in [-0.05, 0) is 18.6 Å². The lowest BCUT2D eigenvalue weighted by Crippen LogP contribution is -1.95. The van der Waals surface area contributed by atoms with E-state index in [1.807, 2.05) is 6.92 Å². The van der Waals surface area contributed by atoms with Gasteiger partial charge >= 0.3 is 11.9 Å². The smallest absolute Gasteiger partial charge is 0.394 e. The zero-order valence-electron chi connectivity index (χ0n) is 7.84. The van der Waals surface area contributed by atoms with Crippen molar-refractivity contribution < 1.29 is 14.4 Å².